The van der Waals surface area contributed by atoms with Gasteiger partial charge in [-0.25, -0.2) is 0 Å². The van der Waals surface area contributed by atoms with E-state index in [1.54, 1.807) is 25.3 Å². The lowest BCUT2D eigenvalue weighted by molar-refractivity contribution is -0.114. The normalized spacial score (nSPS) is 10.3. The van der Waals surface area contributed by atoms with E-state index >= 15 is 0 Å². The molecule has 23 heavy (non-hydrogen) atoms. The van der Waals surface area contributed by atoms with E-state index in [0.29, 0.717) is 16.5 Å². The van der Waals surface area contributed by atoms with Crippen LogP contribution in [0.1, 0.15) is 18.1 Å². The van der Waals surface area contributed by atoms with E-state index in [9.17, 15) is 4.79 Å². The Labute approximate surface area is 141 Å². The molecule has 0 saturated heterocycles. The number of hydrogen-bond acceptors (Lipinski definition) is 3. The van der Waals surface area contributed by atoms with Crippen molar-refractivity contribution < 1.29 is 9.53 Å². The van der Waals surface area contributed by atoms with Crippen LogP contribution in [0, 0.1) is 6.92 Å². The molecular weight excluding hydrogens is 312 g/mol. The van der Waals surface area contributed by atoms with E-state index in [0.717, 1.165) is 17.7 Å². The average Bonchev–Trinajstić information content (AvgIpc) is 2.53. The Morgan fingerprint density at radius 2 is 2.04 bits per heavy atom. The van der Waals surface area contributed by atoms with Crippen molar-refractivity contribution in [3.05, 3.63) is 52.5 Å². The highest BCUT2D eigenvalue weighted by Gasteiger charge is 2.10. The highest BCUT2D eigenvalue weighted by Crippen LogP contribution is 2.27. The van der Waals surface area contributed by atoms with Crippen molar-refractivity contribution in [1.82, 2.24) is 0 Å². The number of methoxy groups -OCH3 is 1. The third-order valence-electron chi connectivity index (χ3n) is 3.60. The number of benzene rings is 2. The first-order chi connectivity index (χ1) is 11.0. The molecule has 0 fully saturated rings. The minimum atomic E-state index is -0.157. The quantitative estimate of drug-likeness (QED) is 0.830. The molecule has 5 heteroatoms. The molecule has 2 N–H and O–H groups in total. The molecule has 2 aromatic carbocycles. The Morgan fingerprint density at radius 1 is 1.26 bits per heavy atom. The summed E-state index contributed by atoms with van der Waals surface area (Å²) in [6.07, 6.45) is 0.910. The minimum Gasteiger partial charge on any atom is -0.495 e. The summed E-state index contributed by atoms with van der Waals surface area (Å²) in [7, 11) is 1.55. The lowest BCUT2D eigenvalue weighted by atomic mass is 10.1. The molecule has 0 aliphatic rings. The van der Waals surface area contributed by atoms with Gasteiger partial charge in [0.25, 0.3) is 0 Å². The summed E-state index contributed by atoms with van der Waals surface area (Å²) in [5.41, 5.74) is 3.89. The second-order valence-electron chi connectivity index (χ2n) is 5.21. The monoisotopic (exact) mass is 332 g/mol. The summed E-state index contributed by atoms with van der Waals surface area (Å²) in [5.74, 6) is 0.420. The fraction of sp³-hybridized carbons (Fsp3) is 0.278. The van der Waals surface area contributed by atoms with Gasteiger partial charge in [-0.2, -0.15) is 0 Å². The smallest absolute Gasteiger partial charge is 0.243 e. The van der Waals surface area contributed by atoms with Crippen molar-refractivity contribution >= 4 is 28.9 Å². The molecule has 0 aliphatic carbocycles. The van der Waals surface area contributed by atoms with Crippen LogP contribution in [0.15, 0.2) is 36.4 Å². The number of amides is 1. The number of aryl methyl sites for hydroxylation is 2. The van der Waals surface area contributed by atoms with E-state index in [4.69, 9.17) is 16.3 Å². The number of carbonyl (C=O) groups is 1. The molecule has 0 aromatic heterocycles. The summed E-state index contributed by atoms with van der Waals surface area (Å²) < 4.78 is 5.23. The van der Waals surface area contributed by atoms with Crippen molar-refractivity contribution in [1.29, 1.82) is 0 Å². The molecule has 0 bridgehead atoms. The Kier molecular flexibility index (Phi) is 5.88. The maximum absolute atomic E-state index is 12.2. The summed E-state index contributed by atoms with van der Waals surface area (Å²) in [5, 5.41) is 6.58. The molecule has 0 spiro atoms. The number of ether oxygens (including phenoxy) is 1. The molecule has 1 amide bonds. The fourth-order valence-electron chi connectivity index (χ4n) is 2.42. The zero-order valence-electron chi connectivity index (χ0n) is 13.6. The van der Waals surface area contributed by atoms with Crippen LogP contribution in [-0.4, -0.2) is 19.6 Å². The number of rotatable bonds is 6. The van der Waals surface area contributed by atoms with Gasteiger partial charge in [-0.15, -0.1) is 0 Å². The largest absolute Gasteiger partial charge is 0.495 e. The van der Waals surface area contributed by atoms with Crippen LogP contribution in [0.2, 0.25) is 5.02 Å². The van der Waals surface area contributed by atoms with Gasteiger partial charge in [-0.3, -0.25) is 4.79 Å². The summed E-state index contributed by atoms with van der Waals surface area (Å²) in [4.78, 5) is 12.2. The number of carbonyl (C=O) groups excluding carboxylic acids is 1. The zero-order chi connectivity index (χ0) is 16.8. The Balaban J connectivity index is 2.05. The van der Waals surface area contributed by atoms with Gasteiger partial charge >= 0.3 is 0 Å². The van der Waals surface area contributed by atoms with Gasteiger partial charge in [0.05, 0.1) is 19.3 Å². The third kappa shape index (κ3) is 4.39. The van der Waals surface area contributed by atoms with E-state index in [1.807, 2.05) is 19.1 Å². The topological polar surface area (TPSA) is 50.4 Å². The summed E-state index contributed by atoms with van der Waals surface area (Å²) in [6.45, 7) is 4.30. The molecule has 0 saturated carbocycles. The molecule has 2 rings (SSSR count). The van der Waals surface area contributed by atoms with Crippen molar-refractivity contribution in [2.24, 2.45) is 0 Å². The second kappa shape index (κ2) is 7.88. The maximum Gasteiger partial charge on any atom is 0.243 e. The first kappa shape index (κ1) is 17.2. The summed E-state index contributed by atoms with van der Waals surface area (Å²) >= 11 is 5.97. The minimum absolute atomic E-state index is 0.157. The van der Waals surface area contributed by atoms with Gasteiger partial charge in [-0.05, 0) is 42.7 Å². The maximum atomic E-state index is 12.2. The van der Waals surface area contributed by atoms with Gasteiger partial charge in [0.2, 0.25) is 5.91 Å². The fourth-order valence-corrected chi connectivity index (χ4v) is 2.59. The Morgan fingerprint density at radius 3 is 2.74 bits per heavy atom. The first-order valence-corrected chi connectivity index (χ1v) is 7.88. The van der Waals surface area contributed by atoms with Crippen LogP contribution < -0.4 is 15.4 Å². The lowest BCUT2D eigenvalue weighted by Gasteiger charge is -2.15. The highest BCUT2D eigenvalue weighted by atomic mass is 35.5. The number of anilines is 2. The third-order valence-corrected chi connectivity index (χ3v) is 3.84. The second-order valence-corrected chi connectivity index (χ2v) is 5.65. The van der Waals surface area contributed by atoms with Crippen molar-refractivity contribution in [2.45, 2.75) is 20.3 Å². The van der Waals surface area contributed by atoms with Crippen LogP contribution in [-0.2, 0) is 11.2 Å². The Bertz CT molecular complexity index is 701. The van der Waals surface area contributed by atoms with Crippen LogP contribution in [0.4, 0.5) is 11.4 Å². The van der Waals surface area contributed by atoms with Gasteiger partial charge < -0.3 is 15.4 Å². The molecule has 0 radical (unpaired) electrons. The molecular formula is C18H21ClN2O2. The standard InChI is InChI=1S/C18H21ClN2O2/c1-4-13-7-5-6-12(2)18(13)20-11-17(22)21-15-10-14(19)8-9-16(15)23-3/h5-10,20H,4,11H2,1-3H3,(H,21,22). The van der Waals surface area contributed by atoms with Gasteiger partial charge in [0.15, 0.2) is 0 Å². The number of nitrogens with one attached hydrogen (secondary N) is 2. The predicted molar refractivity (Wildman–Crippen MR) is 95.7 cm³/mol. The molecule has 122 valence electrons. The van der Waals surface area contributed by atoms with Crippen LogP contribution in [0.5, 0.6) is 5.75 Å². The molecule has 4 nitrogen and oxygen atoms in total. The first-order valence-electron chi connectivity index (χ1n) is 7.51. The van der Waals surface area contributed by atoms with Crippen LogP contribution >= 0.6 is 11.6 Å². The molecule has 0 aliphatic heterocycles. The van der Waals surface area contributed by atoms with Crippen molar-refractivity contribution in [2.75, 3.05) is 24.3 Å². The number of hydrogen-bond donors (Lipinski definition) is 2. The number of para-hydroxylation sites is 1. The molecule has 2 aromatic rings. The van der Waals surface area contributed by atoms with Gasteiger partial charge in [0.1, 0.15) is 5.75 Å². The molecule has 0 heterocycles. The average molecular weight is 333 g/mol. The predicted octanol–water partition coefficient (Wildman–Crippen LogP) is 4.27. The van der Waals surface area contributed by atoms with Gasteiger partial charge in [0, 0.05) is 10.7 Å². The van der Waals surface area contributed by atoms with E-state index in [2.05, 4.69) is 23.6 Å². The van der Waals surface area contributed by atoms with Crippen LogP contribution in [0.25, 0.3) is 0 Å². The number of halogens is 1. The van der Waals surface area contributed by atoms with Crippen LogP contribution in [0.3, 0.4) is 0 Å². The summed E-state index contributed by atoms with van der Waals surface area (Å²) in [6, 6.07) is 11.2. The lowest BCUT2D eigenvalue weighted by Crippen LogP contribution is -2.22. The SMILES string of the molecule is CCc1cccc(C)c1NCC(=O)Nc1cc(Cl)ccc1OC. The molecule has 0 unspecified atom stereocenters. The van der Waals surface area contributed by atoms with Gasteiger partial charge in [-0.1, -0.05) is 36.7 Å². The van der Waals surface area contributed by atoms with E-state index in [-0.39, 0.29) is 12.5 Å². The highest BCUT2D eigenvalue weighted by molar-refractivity contribution is 6.31. The van der Waals surface area contributed by atoms with Crippen molar-refractivity contribution in [3.63, 3.8) is 0 Å². The van der Waals surface area contributed by atoms with E-state index < -0.39 is 0 Å². The zero-order valence-corrected chi connectivity index (χ0v) is 14.3. The van der Waals surface area contributed by atoms with Crippen molar-refractivity contribution in [3.8, 4) is 5.75 Å². The van der Waals surface area contributed by atoms with E-state index in [1.165, 1.54) is 5.56 Å². The molecule has 0 atom stereocenters. The Hall–Kier alpha value is -2.20.